The van der Waals surface area contributed by atoms with E-state index in [1.54, 1.807) is 0 Å². The van der Waals surface area contributed by atoms with Crippen LogP contribution >= 0.6 is 0 Å². The van der Waals surface area contributed by atoms with Crippen LogP contribution in [0.3, 0.4) is 0 Å². The highest BCUT2D eigenvalue weighted by atomic mass is 15.3. The molecule has 3 rings (SSSR count). The van der Waals surface area contributed by atoms with E-state index < -0.39 is 0 Å². The van der Waals surface area contributed by atoms with Crippen LogP contribution in [0.15, 0.2) is 48.8 Å². The van der Waals surface area contributed by atoms with Crippen molar-refractivity contribution in [1.29, 1.82) is 0 Å². The van der Waals surface area contributed by atoms with Gasteiger partial charge in [0.25, 0.3) is 0 Å². The second-order valence-electron chi connectivity index (χ2n) is 5.67. The summed E-state index contributed by atoms with van der Waals surface area (Å²) in [6.07, 6.45) is 7.74. The molecule has 1 atom stereocenters. The molecule has 0 bridgehead atoms. The zero-order valence-electron chi connectivity index (χ0n) is 12.0. The van der Waals surface area contributed by atoms with Crippen LogP contribution in [0, 0.1) is 0 Å². The zero-order chi connectivity index (χ0) is 13.6. The fraction of sp³-hybridized carbons (Fsp3) is 0.471. The van der Waals surface area contributed by atoms with Crippen LogP contribution in [-0.4, -0.2) is 34.3 Å². The minimum Gasteiger partial charge on any atom is -0.303 e. The van der Waals surface area contributed by atoms with Crippen molar-refractivity contribution in [2.45, 2.75) is 31.7 Å². The molecule has 2 heterocycles. The lowest BCUT2D eigenvalue weighted by atomic mass is 9.90. The Labute approximate surface area is 121 Å². The summed E-state index contributed by atoms with van der Waals surface area (Å²) in [4.78, 5) is 2.62. The highest BCUT2D eigenvalue weighted by Crippen LogP contribution is 2.26. The lowest BCUT2D eigenvalue weighted by molar-refractivity contribution is 0.202. The van der Waals surface area contributed by atoms with Gasteiger partial charge in [-0.3, -0.25) is 4.68 Å². The van der Waals surface area contributed by atoms with Crippen LogP contribution in [0.2, 0.25) is 0 Å². The molecule has 3 nitrogen and oxygen atoms in total. The summed E-state index contributed by atoms with van der Waals surface area (Å²) < 4.78 is 2.03. The molecule has 0 radical (unpaired) electrons. The number of aromatic nitrogens is 2. The van der Waals surface area contributed by atoms with Crippen molar-refractivity contribution >= 4 is 0 Å². The molecule has 1 aliphatic heterocycles. The standard InChI is InChI=1S/C17H23N3/c1-2-7-16(8-3-1)17-9-4-11-19(15-17)12-6-14-20-13-5-10-18-20/h1-3,5,7-8,10,13,17H,4,6,9,11-12,14-15H2/t17-/m0/s1. The third-order valence-corrected chi connectivity index (χ3v) is 4.20. The number of piperidine rings is 1. The number of nitrogens with zero attached hydrogens (tertiary/aromatic N) is 3. The van der Waals surface area contributed by atoms with Gasteiger partial charge < -0.3 is 4.90 Å². The first-order chi connectivity index (χ1) is 9.92. The van der Waals surface area contributed by atoms with Crippen molar-refractivity contribution in [3.05, 3.63) is 54.4 Å². The highest BCUT2D eigenvalue weighted by molar-refractivity contribution is 5.20. The highest BCUT2D eigenvalue weighted by Gasteiger charge is 2.20. The molecule has 2 aromatic rings. The first-order valence-electron chi connectivity index (χ1n) is 7.66. The first-order valence-corrected chi connectivity index (χ1v) is 7.66. The Morgan fingerprint density at radius 2 is 2.00 bits per heavy atom. The number of likely N-dealkylation sites (tertiary alicyclic amines) is 1. The van der Waals surface area contributed by atoms with Gasteiger partial charge in [-0.25, -0.2) is 0 Å². The van der Waals surface area contributed by atoms with E-state index >= 15 is 0 Å². The molecular weight excluding hydrogens is 246 g/mol. The van der Waals surface area contributed by atoms with Gasteiger partial charge in [0.2, 0.25) is 0 Å². The van der Waals surface area contributed by atoms with Crippen LogP contribution in [0.25, 0.3) is 0 Å². The van der Waals surface area contributed by atoms with E-state index in [2.05, 4.69) is 40.3 Å². The van der Waals surface area contributed by atoms with Gasteiger partial charge in [0.15, 0.2) is 0 Å². The largest absolute Gasteiger partial charge is 0.303 e. The molecule has 0 aliphatic carbocycles. The molecular formula is C17H23N3. The van der Waals surface area contributed by atoms with Crippen LogP contribution in [0.5, 0.6) is 0 Å². The summed E-state index contributed by atoms with van der Waals surface area (Å²) in [5.41, 5.74) is 1.50. The van der Waals surface area contributed by atoms with Gasteiger partial charge >= 0.3 is 0 Å². The quantitative estimate of drug-likeness (QED) is 0.831. The summed E-state index contributed by atoms with van der Waals surface area (Å²) in [6, 6.07) is 13.0. The van der Waals surface area contributed by atoms with Gasteiger partial charge in [-0.05, 0) is 49.9 Å². The third kappa shape index (κ3) is 3.48. The average molecular weight is 269 g/mol. The van der Waals surface area contributed by atoms with Gasteiger partial charge in [0.05, 0.1) is 0 Å². The number of benzene rings is 1. The molecule has 0 amide bonds. The van der Waals surface area contributed by atoms with Crippen molar-refractivity contribution in [3.63, 3.8) is 0 Å². The number of aryl methyl sites for hydroxylation is 1. The Morgan fingerprint density at radius 3 is 2.80 bits per heavy atom. The molecule has 0 N–H and O–H groups in total. The van der Waals surface area contributed by atoms with Crippen LogP contribution in [0.4, 0.5) is 0 Å². The molecule has 0 spiro atoms. The van der Waals surface area contributed by atoms with Gasteiger partial charge in [0.1, 0.15) is 0 Å². The Balaban J connectivity index is 1.48. The number of rotatable bonds is 5. The van der Waals surface area contributed by atoms with Crippen molar-refractivity contribution in [2.24, 2.45) is 0 Å². The molecule has 0 unspecified atom stereocenters. The van der Waals surface area contributed by atoms with E-state index in [0.29, 0.717) is 0 Å². The third-order valence-electron chi connectivity index (χ3n) is 4.20. The molecule has 1 aromatic carbocycles. The fourth-order valence-corrected chi connectivity index (χ4v) is 3.14. The minimum atomic E-state index is 0.717. The zero-order valence-corrected chi connectivity index (χ0v) is 12.0. The second-order valence-corrected chi connectivity index (χ2v) is 5.67. The van der Waals surface area contributed by atoms with E-state index in [9.17, 15) is 0 Å². The SMILES string of the molecule is c1ccc([C@H]2CCCN(CCCn3cccn3)C2)cc1. The van der Waals surface area contributed by atoms with E-state index in [1.165, 1.54) is 44.5 Å². The average Bonchev–Trinajstić information content (AvgIpc) is 3.02. The van der Waals surface area contributed by atoms with Gasteiger partial charge in [-0.1, -0.05) is 30.3 Å². The molecule has 106 valence electrons. The lowest BCUT2D eigenvalue weighted by Gasteiger charge is -2.33. The lowest BCUT2D eigenvalue weighted by Crippen LogP contribution is -2.35. The molecule has 0 saturated carbocycles. The summed E-state index contributed by atoms with van der Waals surface area (Å²) >= 11 is 0. The molecule has 1 fully saturated rings. The van der Waals surface area contributed by atoms with Crippen molar-refractivity contribution < 1.29 is 0 Å². The summed E-state index contributed by atoms with van der Waals surface area (Å²) in [7, 11) is 0. The van der Waals surface area contributed by atoms with Gasteiger partial charge in [-0.2, -0.15) is 5.10 Å². The first kappa shape index (κ1) is 13.4. The molecule has 1 aromatic heterocycles. The van der Waals surface area contributed by atoms with Crippen molar-refractivity contribution in [1.82, 2.24) is 14.7 Å². The maximum atomic E-state index is 4.26. The maximum absolute atomic E-state index is 4.26. The smallest absolute Gasteiger partial charge is 0.0489 e. The fourth-order valence-electron chi connectivity index (χ4n) is 3.14. The summed E-state index contributed by atoms with van der Waals surface area (Å²) in [5.74, 6) is 0.717. The maximum Gasteiger partial charge on any atom is 0.0489 e. The molecule has 1 aliphatic rings. The number of hydrogen-bond donors (Lipinski definition) is 0. The molecule has 3 heteroatoms. The monoisotopic (exact) mass is 269 g/mol. The van der Waals surface area contributed by atoms with Crippen LogP contribution < -0.4 is 0 Å². The predicted molar refractivity (Wildman–Crippen MR) is 81.7 cm³/mol. The van der Waals surface area contributed by atoms with E-state index in [4.69, 9.17) is 0 Å². The Morgan fingerprint density at radius 1 is 1.10 bits per heavy atom. The Kier molecular flexibility index (Phi) is 4.49. The molecule has 1 saturated heterocycles. The normalized spacial score (nSPS) is 20.1. The summed E-state index contributed by atoms with van der Waals surface area (Å²) in [6.45, 7) is 4.67. The van der Waals surface area contributed by atoms with Crippen LogP contribution in [0.1, 0.15) is 30.7 Å². The van der Waals surface area contributed by atoms with Crippen molar-refractivity contribution in [3.8, 4) is 0 Å². The summed E-state index contributed by atoms with van der Waals surface area (Å²) in [5, 5.41) is 4.26. The Bertz CT molecular complexity index is 492. The minimum absolute atomic E-state index is 0.717. The van der Waals surface area contributed by atoms with Gasteiger partial charge in [-0.15, -0.1) is 0 Å². The van der Waals surface area contributed by atoms with Gasteiger partial charge in [0, 0.05) is 25.5 Å². The van der Waals surface area contributed by atoms with Crippen molar-refractivity contribution in [2.75, 3.05) is 19.6 Å². The van der Waals surface area contributed by atoms with E-state index in [-0.39, 0.29) is 0 Å². The predicted octanol–water partition coefficient (Wildman–Crippen LogP) is 3.15. The van der Waals surface area contributed by atoms with E-state index in [1.807, 2.05) is 23.1 Å². The molecule has 20 heavy (non-hydrogen) atoms. The second kappa shape index (κ2) is 6.71. The topological polar surface area (TPSA) is 21.1 Å². The number of hydrogen-bond acceptors (Lipinski definition) is 2. The Hall–Kier alpha value is -1.61. The van der Waals surface area contributed by atoms with E-state index in [0.717, 1.165) is 12.5 Å². The van der Waals surface area contributed by atoms with Crippen LogP contribution in [-0.2, 0) is 6.54 Å².